The molecule has 1 aliphatic carbocycles. The van der Waals surface area contributed by atoms with Crippen molar-refractivity contribution in [2.45, 2.75) is 46.5 Å². The van der Waals surface area contributed by atoms with Gasteiger partial charge in [-0.05, 0) is 62.4 Å². The molecule has 1 aromatic heterocycles. The minimum atomic E-state index is -0.486. The Bertz CT molecular complexity index is 1320. The van der Waals surface area contributed by atoms with Gasteiger partial charge in [-0.15, -0.1) is 0 Å². The highest BCUT2D eigenvalue weighted by Crippen LogP contribution is 2.30. The van der Waals surface area contributed by atoms with Crippen molar-refractivity contribution in [1.29, 1.82) is 0 Å². The van der Waals surface area contributed by atoms with Gasteiger partial charge in [0.1, 0.15) is 5.76 Å². The number of nitrogens with one attached hydrogen (secondary N) is 2. The quantitative estimate of drug-likeness (QED) is 0.393. The van der Waals surface area contributed by atoms with Crippen molar-refractivity contribution >= 4 is 28.9 Å². The second-order valence-electron chi connectivity index (χ2n) is 8.73. The first-order chi connectivity index (χ1) is 16.7. The zero-order valence-electron chi connectivity index (χ0n) is 19.8. The van der Waals surface area contributed by atoms with Gasteiger partial charge in [0.25, 0.3) is 11.6 Å². The third-order valence-electron chi connectivity index (χ3n) is 5.84. The summed E-state index contributed by atoms with van der Waals surface area (Å²) in [6, 6.07) is 11.6. The Morgan fingerprint density at radius 3 is 2.40 bits per heavy atom. The molecule has 0 saturated heterocycles. The number of furan rings is 1. The number of aryl methyl sites for hydroxylation is 3. The van der Waals surface area contributed by atoms with Crippen LogP contribution in [0.3, 0.4) is 0 Å². The Hall–Kier alpha value is -4.27. The predicted octanol–water partition coefficient (Wildman–Crippen LogP) is 4.76. The average molecular weight is 475 g/mol. The predicted molar refractivity (Wildman–Crippen MR) is 132 cm³/mol. The number of nitrogens with zero attached hydrogens (tertiary/aromatic N) is 2. The Kier molecular flexibility index (Phi) is 6.77. The van der Waals surface area contributed by atoms with E-state index in [-0.39, 0.29) is 29.7 Å². The SMILES string of the molecule is Cc1cc(C)cc(NC(=O)c2oc3c(c2C)/C(=N/NC(=O)Cc2ccc([N+](=O)[O-])cc2)CCC3)c1. The summed E-state index contributed by atoms with van der Waals surface area (Å²) in [5.41, 5.74) is 8.09. The standard InChI is InChI=1S/C26H26N4O5/c1-15-11-16(2)13-19(12-15)27-26(32)25-17(3)24-21(5-4-6-22(24)35-25)28-29-23(31)14-18-7-9-20(10-8-18)30(33)34/h7-13H,4-6,14H2,1-3H3,(H,27,32)(H,29,31)/b28-21+. The number of hydrogen-bond donors (Lipinski definition) is 2. The van der Waals surface area contributed by atoms with Crippen molar-refractivity contribution in [1.82, 2.24) is 5.43 Å². The van der Waals surface area contributed by atoms with Gasteiger partial charge in [0.15, 0.2) is 5.76 Å². The highest BCUT2D eigenvalue weighted by atomic mass is 16.6. The van der Waals surface area contributed by atoms with E-state index in [9.17, 15) is 19.7 Å². The van der Waals surface area contributed by atoms with Crippen LogP contribution in [0.1, 0.15) is 57.0 Å². The second kappa shape index (κ2) is 9.92. The van der Waals surface area contributed by atoms with Crippen LogP contribution in [-0.4, -0.2) is 22.4 Å². The number of carbonyl (C=O) groups excluding carboxylic acids is 2. The highest BCUT2D eigenvalue weighted by molar-refractivity contribution is 6.09. The van der Waals surface area contributed by atoms with Crippen LogP contribution in [0.15, 0.2) is 52.0 Å². The summed E-state index contributed by atoms with van der Waals surface area (Å²) in [7, 11) is 0. The number of benzene rings is 2. The molecule has 0 bridgehead atoms. The minimum absolute atomic E-state index is 0.0306. The smallest absolute Gasteiger partial charge is 0.291 e. The molecule has 180 valence electrons. The fraction of sp³-hybridized carbons (Fsp3) is 0.269. The lowest BCUT2D eigenvalue weighted by molar-refractivity contribution is -0.384. The van der Waals surface area contributed by atoms with E-state index in [4.69, 9.17) is 4.42 Å². The maximum absolute atomic E-state index is 13.0. The van der Waals surface area contributed by atoms with Gasteiger partial charge in [0.2, 0.25) is 5.91 Å². The first-order valence-electron chi connectivity index (χ1n) is 11.3. The lowest BCUT2D eigenvalue weighted by Gasteiger charge is -2.13. The molecule has 1 aliphatic rings. The molecule has 0 spiro atoms. The van der Waals surface area contributed by atoms with Crippen molar-refractivity contribution < 1.29 is 18.9 Å². The van der Waals surface area contributed by atoms with E-state index < -0.39 is 4.92 Å². The minimum Gasteiger partial charge on any atom is -0.455 e. The maximum Gasteiger partial charge on any atom is 0.291 e. The van der Waals surface area contributed by atoms with E-state index in [1.54, 1.807) is 12.1 Å². The molecule has 0 radical (unpaired) electrons. The zero-order valence-corrected chi connectivity index (χ0v) is 19.8. The van der Waals surface area contributed by atoms with Crippen LogP contribution in [-0.2, 0) is 17.6 Å². The van der Waals surface area contributed by atoms with Gasteiger partial charge in [-0.25, -0.2) is 5.43 Å². The molecule has 9 nitrogen and oxygen atoms in total. The largest absolute Gasteiger partial charge is 0.455 e. The topological polar surface area (TPSA) is 127 Å². The number of rotatable bonds is 6. The van der Waals surface area contributed by atoms with E-state index in [1.807, 2.05) is 39.0 Å². The number of hydrogen-bond acceptors (Lipinski definition) is 6. The Morgan fingerprint density at radius 2 is 1.74 bits per heavy atom. The second-order valence-corrected chi connectivity index (χ2v) is 8.73. The van der Waals surface area contributed by atoms with Crippen LogP contribution in [0.4, 0.5) is 11.4 Å². The molecule has 35 heavy (non-hydrogen) atoms. The highest BCUT2D eigenvalue weighted by Gasteiger charge is 2.28. The van der Waals surface area contributed by atoms with Crippen molar-refractivity contribution in [2.75, 3.05) is 5.32 Å². The third-order valence-corrected chi connectivity index (χ3v) is 5.84. The van der Waals surface area contributed by atoms with Crippen molar-refractivity contribution in [2.24, 2.45) is 5.10 Å². The molecule has 2 aromatic carbocycles. The molecular formula is C26H26N4O5. The lowest BCUT2D eigenvalue weighted by Crippen LogP contribution is -2.23. The van der Waals surface area contributed by atoms with Gasteiger partial charge in [-0.2, -0.15) is 5.10 Å². The van der Waals surface area contributed by atoms with E-state index in [1.165, 1.54) is 12.1 Å². The Balaban J connectivity index is 1.48. The molecule has 2 N–H and O–H groups in total. The van der Waals surface area contributed by atoms with Crippen LogP contribution in [0.5, 0.6) is 0 Å². The molecular weight excluding hydrogens is 448 g/mol. The number of carbonyl (C=O) groups is 2. The van der Waals surface area contributed by atoms with Crippen LogP contribution >= 0.6 is 0 Å². The van der Waals surface area contributed by atoms with Crippen LogP contribution in [0.2, 0.25) is 0 Å². The summed E-state index contributed by atoms with van der Waals surface area (Å²) in [4.78, 5) is 35.7. The fourth-order valence-corrected chi connectivity index (χ4v) is 4.32. The number of fused-ring (bicyclic) bond motifs is 1. The number of nitro groups is 1. The van der Waals surface area contributed by atoms with E-state index in [0.29, 0.717) is 41.1 Å². The maximum atomic E-state index is 13.0. The first-order valence-corrected chi connectivity index (χ1v) is 11.3. The molecule has 0 atom stereocenters. The molecule has 0 saturated carbocycles. The molecule has 9 heteroatoms. The molecule has 0 fully saturated rings. The monoisotopic (exact) mass is 474 g/mol. The van der Waals surface area contributed by atoms with Gasteiger partial charge in [-0.1, -0.05) is 18.2 Å². The zero-order chi connectivity index (χ0) is 25.1. The molecule has 0 aliphatic heterocycles. The summed E-state index contributed by atoms with van der Waals surface area (Å²) in [5, 5.41) is 18.0. The van der Waals surface area contributed by atoms with Gasteiger partial charge in [-0.3, -0.25) is 19.7 Å². The normalized spacial score (nSPS) is 13.9. The fourth-order valence-electron chi connectivity index (χ4n) is 4.32. The molecule has 3 aromatic rings. The number of amides is 2. The number of nitro benzene ring substituents is 1. The Labute approximate surface area is 202 Å². The number of anilines is 1. The average Bonchev–Trinajstić information content (AvgIpc) is 3.14. The first kappa shape index (κ1) is 23.9. The third kappa shape index (κ3) is 5.46. The van der Waals surface area contributed by atoms with Gasteiger partial charge in [0, 0.05) is 35.4 Å². The summed E-state index contributed by atoms with van der Waals surface area (Å²) in [5.74, 6) is 0.250. The molecule has 2 amide bonds. The summed E-state index contributed by atoms with van der Waals surface area (Å²) >= 11 is 0. The molecule has 4 rings (SSSR count). The van der Waals surface area contributed by atoms with Gasteiger partial charge in [0.05, 0.1) is 17.1 Å². The van der Waals surface area contributed by atoms with Crippen LogP contribution in [0, 0.1) is 30.9 Å². The summed E-state index contributed by atoms with van der Waals surface area (Å²) in [6.45, 7) is 5.76. The van der Waals surface area contributed by atoms with Gasteiger partial charge < -0.3 is 9.73 Å². The number of hydrazone groups is 1. The van der Waals surface area contributed by atoms with Gasteiger partial charge >= 0.3 is 0 Å². The van der Waals surface area contributed by atoms with Crippen molar-refractivity contribution in [3.63, 3.8) is 0 Å². The van der Waals surface area contributed by atoms with Crippen molar-refractivity contribution in [3.8, 4) is 0 Å². The van der Waals surface area contributed by atoms with Crippen LogP contribution < -0.4 is 10.7 Å². The summed E-state index contributed by atoms with van der Waals surface area (Å²) in [6.07, 6.45) is 2.15. The lowest BCUT2D eigenvalue weighted by atomic mass is 9.93. The summed E-state index contributed by atoms with van der Waals surface area (Å²) < 4.78 is 5.93. The number of non-ortho nitro benzene ring substituents is 1. The van der Waals surface area contributed by atoms with E-state index in [0.717, 1.165) is 23.1 Å². The van der Waals surface area contributed by atoms with E-state index >= 15 is 0 Å². The Morgan fingerprint density at radius 1 is 1.06 bits per heavy atom. The molecule has 1 heterocycles. The van der Waals surface area contributed by atoms with Crippen LogP contribution in [0.25, 0.3) is 0 Å². The molecule has 0 unspecified atom stereocenters. The van der Waals surface area contributed by atoms with E-state index in [2.05, 4.69) is 15.8 Å². The van der Waals surface area contributed by atoms with Crippen molar-refractivity contribution in [3.05, 3.63) is 91.9 Å².